The minimum absolute atomic E-state index is 0.0144. The van der Waals surface area contributed by atoms with E-state index in [0.29, 0.717) is 0 Å². The van der Waals surface area contributed by atoms with Crippen LogP contribution in [0, 0.1) is 24.0 Å². The van der Waals surface area contributed by atoms with Gasteiger partial charge in [-0.1, -0.05) is 11.6 Å². The third kappa shape index (κ3) is 3.57. The minimum atomic E-state index is -0.592. The summed E-state index contributed by atoms with van der Waals surface area (Å²) in [6.07, 6.45) is 0. The number of nitrogens with one attached hydrogen (secondary N) is 1. The zero-order chi connectivity index (χ0) is 15.6. The highest BCUT2D eigenvalue weighted by Crippen LogP contribution is 2.27. The van der Waals surface area contributed by atoms with Crippen molar-refractivity contribution in [2.24, 2.45) is 0 Å². The van der Waals surface area contributed by atoms with Gasteiger partial charge in [0.05, 0.1) is 10.6 Å². The van der Waals surface area contributed by atoms with Gasteiger partial charge in [0.25, 0.3) is 5.69 Å². The predicted octanol–water partition coefficient (Wildman–Crippen LogP) is 2.70. The molecule has 0 bridgehead atoms. The number of amides is 1. The number of nitro benzene ring substituents is 1. The van der Waals surface area contributed by atoms with E-state index in [1.807, 2.05) is 19.9 Å². The molecule has 7 nitrogen and oxygen atoms in total. The maximum atomic E-state index is 12.0. The first-order valence-electron chi connectivity index (χ1n) is 6.11. The zero-order valence-electron chi connectivity index (χ0n) is 11.5. The Balaban J connectivity index is 2.16. The van der Waals surface area contributed by atoms with Crippen molar-refractivity contribution in [3.63, 3.8) is 0 Å². The van der Waals surface area contributed by atoms with Gasteiger partial charge in [0, 0.05) is 16.8 Å². The summed E-state index contributed by atoms with van der Waals surface area (Å²) in [5, 5.41) is 17.9. The van der Waals surface area contributed by atoms with Crippen molar-refractivity contribution in [3.05, 3.63) is 50.8 Å². The van der Waals surface area contributed by atoms with Crippen LogP contribution in [0.3, 0.4) is 0 Å². The molecule has 2 aromatic rings. The second kappa shape index (κ2) is 5.92. The Kier molecular flexibility index (Phi) is 4.23. The molecule has 0 aliphatic rings. The van der Waals surface area contributed by atoms with E-state index in [2.05, 4.69) is 10.4 Å². The summed E-state index contributed by atoms with van der Waals surface area (Å²) in [7, 11) is 0. The summed E-state index contributed by atoms with van der Waals surface area (Å²) in [6, 6.07) is 5.92. The van der Waals surface area contributed by atoms with Gasteiger partial charge in [0.2, 0.25) is 5.91 Å². The molecule has 0 saturated carbocycles. The molecular formula is C13H13ClN4O3. The van der Waals surface area contributed by atoms with E-state index in [-0.39, 0.29) is 22.9 Å². The fraction of sp³-hybridized carbons (Fsp3) is 0.231. The Morgan fingerprint density at radius 2 is 2.14 bits per heavy atom. The molecule has 0 aliphatic carbocycles. The first-order chi connectivity index (χ1) is 9.86. The van der Waals surface area contributed by atoms with Crippen LogP contribution in [0.1, 0.15) is 11.4 Å². The van der Waals surface area contributed by atoms with Crippen LogP contribution < -0.4 is 5.32 Å². The second-order valence-corrected chi connectivity index (χ2v) is 4.99. The number of aryl methyl sites for hydroxylation is 2. The molecule has 0 aliphatic heterocycles. The molecule has 0 saturated heterocycles. The van der Waals surface area contributed by atoms with E-state index in [1.54, 1.807) is 0 Å². The van der Waals surface area contributed by atoms with Crippen molar-refractivity contribution >= 4 is 28.9 Å². The van der Waals surface area contributed by atoms with Crippen molar-refractivity contribution in [2.45, 2.75) is 20.4 Å². The van der Waals surface area contributed by atoms with Crippen LogP contribution in [0.25, 0.3) is 0 Å². The predicted molar refractivity (Wildman–Crippen MR) is 78.4 cm³/mol. The lowest BCUT2D eigenvalue weighted by Gasteiger charge is -2.07. The number of hydrogen-bond acceptors (Lipinski definition) is 4. The lowest BCUT2D eigenvalue weighted by Crippen LogP contribution is -2.20. The molecule has 0 fully saturated rings. The smallest absolute Gasteiger partial charge is 0.294 e. The minimum Gasteiger partial charge on any atom is -0.319 e. The molecule has 0 unspecified atom stereocenters. The Morgan fingerprint density at radius 1 is 1.43 bits per heavy atom. The first-order valence-corrected chi connectivity index (χ1v) is 6.49. The maximum absolute atomic E-state index is 12.0. The van der Waals surface area contributed by atoms with Crippen LogP contribution in [0.2, 0.25) is 5.02 Å². The molecule has 0 radical (unpaired) electrons. The summed E-state index contributed by atoms with van der Waals surface area (Å²) in [5.74, 6) is -0.397. The molecule has 1 aromatic heterocycles. The van der Waals surface area contributed by atoms with E-state index in [9.17, 15) is 14.9 Å². The van der Waals surface area contributed by atoms with Crippen molar-refractivity contribution < 1.29 is 9.72 Å². The van der Waals surface area contributed by atoms with Crippen LogP contribution in [0.4, 0.5) is 11.4 Å². The molecule has 0 atom stereocenters. The van der Waals surface area contributed by atoms with Gasteiger partial charge in [-0.15, -0.1) is 0 Å². The second-order valence-electron chi connectivity index (χ2n) is 4.55. The van der Waals surface area contributed by atoms with Crippen LogP contribution in [0.15, 0.2) is 24.3 Å². The van der Waals surface area contributed by atoms with Crippen molar-refractivity contribution in [1.29, 1.82) is 0 Å². The van der Waals surface area contributed by atoms with Crippen LogP contribution in [-0.4, -0.2) is 20.6 Å². The van der Waals surface area contributed by atoms with E-state index in [1.165, 1.54) is 22.9 Å². The van der Waals surface area contributed by atoms with Gasteiger partial charge in [-0.25, -0.2) is 0 Å². The zero-order valence-corrected chi connectivity index (χ0v) is 12.2. The SMILES string of the molecule is Cc1cc(C)n(CC(=O)Nc2ccc(Cl)cc2[N+](=O)[O-])n1. The molecule has 1 N–H and O–H groups in total. The van der Waals surface area contributed by atoms with Gasteiger partial charge < -0.3 is 5.32 Å². The quantitative estimate of drug-likeness (QED) is 0.694. The third-order valence-electron chi connectivity index (χ3n) is 2.83. The van der Waals surface area contributed by atoms with E-state index in [0.717, 1.165) is 11.4 Å². The highest BCUT2D eigenvalue weighted by Gasteiger charge is 2.17. The Labute approximate surface area is 125 Å². The molecule has 8 heteroatoms. The monoisotopic (exact) mass is 308 g/mol. The number of nitrogens with zero attached hydrogens (tertiary/aromatic N) is 3. The van der Waals surface area contributed by atoms with Gasteiger partial charge in [0.15, 0.2) is 0 Å². The molecule has 1 aromatic carbocycles. The standard InChI is InChI=1S/C13H13ClN4O3/c1-8-5-9(2)17(16-8)7-13(19)15-11-4-3-10(14)6-12(11)18(20)21/h3-6H,7H2,1-2H3,(H,15,19). The number of rotatable bonds is 4. The van der Waals surface area contributed by atoms with E-state index < -0.39 is 10.8 Å². The fourth-order valence-corrected chi connectivity index (χ4v) is 2.09. The molecule has 1 heterocycles. The van der Waals surface area contributed by atoms with Gasteiger partial charge in [-0.05, 0) is 32.0 Å². The van der Waals surface area contributed by atoms with Gasteiger partial charge in [-0.3, -0.25) is 19.6 Å². The molecular weight excluding hydrogens is 296 g/mol. The average Bonchev–Trinajstić information content (AvgIpc) is 2.69. The Hall–Kier alpha value is -2.41. The van der Waals surface area contributed by atoms with Crippen molar-refractivity contribution in [2.75, 3.05) is 5.32 Å². The van der Waals surface area contributed by atoms with E-state index in [4.69, 9.17) is 11.6 Å². The van der Waals surface area contributed by atoms with Crippen LogP contribution >= 0.6 is 11.6 Å². The number of anilines is 1. The summed E-state index contributed by atoms with van der Waals surface area (Å²) in [6.45, 7) is 3.64. The fourth-order valence-electron chi connectivity index (χ4n) is 1.92. The Morgan fingerprint density at radius 3 is 2.71 bits per heavy atom. The number of carbonyl (C=O) groups excluding carboxylic acids is 1. The largest absolute Gasteiger partial charge is 0.319 e. The highest BCUT2D eigenvalue weighted by molar-refractivity contribution is 6.31. The molecule has 21 heavy (non-hydrogen) atoms. The number of hydrogen-bond donors (Lipinski definition) is 1. The first kappa shape index (κ1) is 15.0. The van der Waals surface area contributed by atoms with E-state index >= 15 is 0 Å². The summed E-state index contributed by atoms with van der Waals surface area (Å²) in [4.78, 5) is 22.3. The van der Waals surface area contributed by atoms with Gasteiger partial charge in [0.1, 0.15) is 12.2 Å². The lowest BCUT2D eigenvalue weighted by atomic mass is 10.2. The molecule has 110 valence electrons. The summed E-state index contributed by atoms with van der Waals surface area (Å²) < 4.78 is 1.53. The number of aromatic nitrogens is 2. The molecule has 0 spiro atoms. The summed E-state index contributed by atoms with van der Waals surface area (Å²) in [5.41, 5.74) is 1.51. The number of nitro groups is 1. The average molecular weight is 309 g/mol. The normalized spacial score (nSPS) is 10.4. The molecule has 2 rings (SSSR count). The Bertz CT molecular complexity index is 711. The summed E-state index contributed by atoms with van der Waals surface area (Å²) >= 11 is 5.72. The van der Waals surface area contributed by atoms with Crippen LogP contribution in [0.5, 0.6) is 0 Å². The maximum Gasteiger partial charge on any atom is 0.294 e. The van der Waals surface area contributed by atoms with Crippen molar-refractivity contribution in [3.8, 4) is 0 Å². The van der Waals surface area contributed by atoms with Gasteiger partial charge >= 0.3 is 0 Å². The molecule has 1 amide bonds. The topological polar surface area (TPSA) is 90.1 Å². The lowest BCUT2D eigenvalue weighted by molar-refractivity contribution is -0.383. The third-order valence-corrected chi connectivity index (χ3v) is 3.06. The highest BCUT2D eigenvalue weighted by atomic mass is 35.5. The van der Waals surface area contributed by atoms with Crippen LogP contribution in [-0.2, 0) is 11.3 Å². The number of carbonyl (C=O) groups is 1. The number of benzene rings is 1. The number of halogens is 1. The van der Waals surface area contributed by atoms with Gasteiger partial charge in [-0.2, -0.15) is 5.10 Å². The van der Waals surface area contributed by atoms with Crippen molar-refractivity contribution in [1.82, 2.24) is 9.78 Å².